The van der Waals surface area contributed by atoms with Crippen molar-refractivity contribution in [3.63, 3.8) is 0 Å². The summed E-state index contributed by atoms with van der Waals surface area (Å²) in [5.41, 5.74) is 2.61. The van der Waals surface area contributed by atoms with Gasteiger partial charge in [0.2, 0.25) is 5.96 Å². The molecule has 1 heterocycles. The number of likely N-dealkylation sites (tertiary alicyclic amines) is 1. The normalized spacial score (nSPS) is 21.2. The quantitative estimate of drug-likeness (QED) is 0.236. The van der Waals surface area contributed by atoms with E-state index in [1.807, 2.05) is 0 Å². The summed E-state index contributed by atoms with van der Waals surface area (Å²) in [6, 6.07) is 0. The molecule has 1 aliphatic rings. The summed E-state index contributed by atoms with van der Waals surface area (Å²) >= 11 is 0. The minimum atomic E-state index is 0.807. The van der Waals surface area contributed by atoms with E-state index in [1.54, 1.807) is 7.05 Å². The van der Waals surface area contributed by atoms with Gasteiger partial charge in [-0.3, -0.25) is 10.4 Å². The van der Waals surface area contributed by atoms with Crippen LogP contribution in [0.5, 0.6) is 0 Å². The van der Waals surface area contributed by atoms with Crippen LogP contribution in [0.3, 0.4) is 0 Å². The van der Waals surface area contributed by atoms with E-state index in [9.17, 15) is 0 Å². The van der Waals surface area contributed by atoms with Crippen LogP contribution in [-0.4, -0.2) is 31.0 Å². The molecule has 0 spiro atoms. The topological polar surface area (TPSA) is 53.6 Å². The molecule has 12 heavy (non-hydrogen) atoms. The maximum absolute atomic E-state index is 5.33. The molecular formula is C8H18N4. The predicted octanol–water partition coefficient (Wildman–Crippen LogP) is 0.167. The maximum Gasteiger partial charge on any atom is 0.208 e. The highest BCUT2D eigenvalue weighted by Gasteiger charge is 2.17. The van der Waals surface area contributed by atoms with E-state index in [1.165, 1.54) is 12.8 Å². The van der Waals surface area contributed by atoms with Gasteiger partial charge in [0, 0.05) is 20.1 Å². The number of hydrogen-bond donors (Lipinski definition) is 2. The molecule has 4 heteroatoms. The van der Waals surface area contributed by atoms with Crippen LogP contribution in [-0.2, 0) is 0 Å². The Labute approximate surface area is 73.8 Å². The van der Waals surface area contributed by atoms with Crippen molar-refractivity contribution < 1.29 is 0 Å². The van der Waals surface area contributed by atoms with Crippen molar-refractivity contribution >= 4 is 5.96 Å². The van der Waals surface area contributed by atoms with Crippen LogP contribution in [0, 0.1) is 5.92 Å². The van der Waals surface area contributed by atoms with Crippen molar-refractivity contribution in [2.75, 3.05) is 20.1 Å². The first-order valence-corrected chi connectivity index (χ1v) is 4.46. The number of piperidine rings is 1. The second kappa shape index (κ2) is 4.30. The van der Waals surface area contributed by atoms with Crippen molar-refractivity contribution in [1.29, 1.82) is 0 Å². The molecule has 1 aliphatic heterocycles. The lowest BCUT2D eigenvalue weighted by atomic mass is 10.00. The molecule has 0 unspecified atom stereocenters. The Morgan fingerprint density at radius 1 is 1.50 bits per heavy atom. The van der Waals surface area contributed by atoms with Crippen molar-refractivity contribution in [2.45, 2.75) is 19.8 Å². The molecule has 0 saturated carbocycles. The third-order valence-corrected chi connectivity index (χ3v) is 2.42. The zero-order valence-corrected chi connectivity index (χ0v) is 7.88. The average Bonchev–Trinajstić information content (AvgIpc) is 2.10. The van der Waals surface area contributed by atoms with Crippen LogP contribution in [0.4, 0.5) is 0 Å². The first kappa shape index (κ1) is 9.32. The summed E-state index contributed by atoms with van der Waals surface area (Å²) in [5, 5.41) is 0. The van der Waals surface area contributed by atoms with E-state index in [2.05, 4.69) is 22.2 Å². The molecule has 0 aromatic carbocycles. The SMILES string of the molecule is CN=C(NN)N1CCC(C)CC1. The molecule has 1 rings (SSSR count). The summed E-state index contributed by atoms with van der Waals surface area (Å²) in [5.74, 6) is 6.98. The molecule has 3 N–H and O–H groups in total. The van der Waals surface area contributed by atoms with Gasteiger partial charge in [0.1, 0.15) is 0 Å². The average molecular weight is 170 g/mol. The maximum atomic E-state index is 5.33. The smallest absolute Gasteiger partial charge is 0.208 e. The Kier molecular flexibility index (Phi) is 3.34. The first-order valence-electron chi connectivity index (χ1n) is 4.46. The van der Waals surface area contributed by atoms with Crippen LogP contribution >= 0.6 is 0 Å². The highest BCUT2D eigenvalue weighted by molar-refractivity contribution is 5.79. The molecule has 0 aliphatic carbocycles. The number of guanidine groups is 1. The van der Waals surface area contributed by atoms with E-state index in [0.29, 0.717) is 0 Å². The summed E-state index contributed by atoms with van der Waals surface area (Å²) in [7, 11) is 1.76. The minimum Gasteiger partial charge on any atom is -0.342 e. The highest BCUT2D eigenvalue weighted by Crippen LogP contribution is 2.15. The van der Waals surface area contributed by atoms with E-state index in [-0.39, 0.29) is 0 Å². The largest absolute Gasteiger partial charge is 0.342 e. The highest BCUT2D eigenvalue weighted by atomic mass is 15.4. The van der Waals surface area contributed by atoms with Crippen molar-refractivity contribution in [1.82, 2.24) is 10.3 Å². The Bertz CT molecular complexity index is 158. The number of aliphatic imine (C=N–C) groups is 1. The number of nitrogens with two attached hydrogens (primary N) is 1. The number of hydrogen-bond acceptors (Lipinski definition) is 2. The number of rotatable bonds is 0. The van der Waals surface area contributed by atoms with Gasteiger partial charge in [-0.25, -0.2) is 5.84 Å². The molecule has 0 atom stereocenters. The number of nitrogens with zero attached hydrogens (tertiary/aromatic N) is 2. The Hall–Kier alpha value is -0.770. The Morgan fingerprint density at radius 3 is 2.50 bits per heavy atom. The number of nitrogens with one attached hydrogen (secondary N) is 1. The summed E-state index contributed by atoms with van der Waals surface area (Å²) < 4.78 is 0. The summed E-state index contributed by atoms with van der Waals surface area (Å²) in [4.78, 5) is 6.26. The summed E-state index contributed by atoms with van der Waals surface area (Å²) in [6.45, 7) is 4.42. The summed E-state index contributed by atoms with van der Waals surface area (Å²) in [6.07, 6.45) is 2.47. The van der Waals surface area contributed by atoms with E-state index in [0.717, 1.165) is 25.0 Å². The van der Waals surface area contributed by atoms with Crippen LogP contribution in [0.2, 0.25) is 0 Å². The second-order valence-corrected chi connectivity index (χ2v) is 3.36. The van der Waals surface area contributed by atoms with Gasteiger partial charge in [-0.1, -0.05) is 6.92 Å². The van der Waals surface area contributed by atoms with Crippen molar-refractivity contribution in [3.05, 3.63) is 0 Å². The fraction of sp³-hybridized carbons (Fsp3) is 0.875. The van der Waals surface area contributed by atoms with Crippen LogP contribution in [0.25, 0.3) is 0 Å². The monoisotopic (exact) mass is 170 g/mol. The second-order valence-electron chi connectivity index (χ2n) is 3.36. The fourth-order valence-electron chi connectivity index (χ4n) is 1.52. The van der Waals surface area contributed by atoms with E-state index < -0.39 is 0 Å². The predicted molar refractivity (Wildman–Crippen MR) is 50.7 cm³/mol. The molecule has 70 valence electrons. The molecule has 0 bridgehead atoms. The van der Waals surface area contributed by atoms with Crippen molar-refractivity contribution in [3.8, 4) is 0 Å². The lowest BCUT2D eigenvalue weighted by molar-refractivity contribution is 0.273. The van der Waals surface area contributed by atoms with E-state index in [4.69, 9.17) is 5.84 Å². The lowest BCUT2D eigenvalue weighted by Gasteiger charge is -2.31. The molecule has 0 aromatic heterocycles. The molecule has 4 nitrogen and oxygen atoms in total. The van der Waals surface area contributed by atoms with Gasteiger partial charge in [-0.05, 0) is 18.8 Å². The molecule has 1 saturated heterocycles. The minimum absolute atomic E-state index is 0.807. The van der Waals surface area contributed by atoms with Gasteiger partial charge < -0.3 is 4.90 Å². The standard InChI is InChI=1S/C8H18N4/c1-7-3-5-12(6-4-7)8(10-2)11-9/h7H,3-6,9H2,1-2H3,(H,10,11). The van der Waals surface area contributed by atoms with Gasteiger partial charge in [-0.15, -0.1) is 0 Å². The Morgan fingerprint density at radius 2 is 2.08 bits per heavy atom. The number of hydrazine groups is 1. The van der Waals surface area contributed by atoms with Gasteiger partial charge in [0.25, 0.3) is 0 Å². The van der Waals surface area contributed by atoms with Crippen LogP contribution in [0.1, 0.15) is 19.8 Å². The molecule has 0 radical (unpaired) electrons. The van der Waals surface area contributed by atoms with Gasteiger partial charge >= 0.3 is 0 Å². The zero-order chi connectivity index (χ0) is 8.97. The van der Waals surface area contributed by atoms with E-state index >= 15 is 0 Å². The van der Waals surface area contributed by atoms with Gasteiger partial charge in [0.05, 0.1) is 0 Å². The third kappa shape index (κ3) is 2.11. The van der Waals surface area contributed by atoms with Crippen LogP contribution in [0.15, 0.2) is 4.99 Å². The molecule has 0 amide bonds. The van der Waals surface area contributed by atoms with Gasteiger partial charge in [-0.2, -0.15) is 0 Å². The molecule has 0 aromatic rings. The van der Waals surface area contributed by atoms with Gasteiger partial charge in [0.15, 0.2) is 0 Å². The first-order chi connectivity index (χ1) is 5.77. The molecule has 1 fully saturated rings. The zero-order valence-electron chi connectivity index (χ0n) is 7.88. The lowest BCUT2D eigenvalue weighted by Crippen LogP contribution is -2.47. The fourth-order valence-corrected chi connectivity index (χ4v) is 1.52. The third-order valence-electron chi connectivity index (χ3n) is 2.42. The van der Waals surface area contributed by atoms with Crippen molar-refractivity contribution in [2.24, 2.45) is 16.8 Å². The Balaban J connectivity index is 2.43. The van der Waals surface area contributed by atoms with Crippen LogP contribution < -0.4 is 11.3 Å². The molecular weight excluding hydrogens is 152 g/mol.